The topological polar surface area (TPSA) is 0 Å². The Kier molecular flexibility index (Phi) is 1.49. The molecule has 76 valence electrons. The van der Waals surface area contributed by atoms with Gasteiger partial charge in [0.15, 0.2) is 0 Å². The molecule has 0 heterocycles. The Labute approximate surface area is 95.2 Å². The first-order valence-corrected chi connectivity index (χ1v) is 5.83. The Morgan fingerprint density at radius 2 is 1.75 bits per heavy atom. The summed E-state index contributed by atoms with van der Waals surface area (Å²) in [5, 5.41) is 0. The van der Waals surface area contributed by atoms with Gasteiger partial charge in [0.25, 0.3) is 0 Å². The molecule has 4 rings (SSSR count). The molecule has 0 fully saturated rings. The van der Waals surface area contributed by atoms with Gasteiger partial charge in [-0.2, -0.15) is 0 Å². The van der Waals surface area contributed by atoms with Gasteiger partial charge in [-0.3, -0.25) is 0 Å². The van der Waals surface area contributed by atoms with E-state index < -0.39 is 0 Å². The predicted octanol–water partition coefficient (Wildman–Crippen LogP) is 3.83. The van der Waals surface area contributed by atoms with Gasteiger partial charge in [-0.15, -0.1) is 0 Å². The molecule has 0 N–H and O–H groups in total. The summed E-state index contributed by atoms with van der Waals surface area (Å²) in [6.07, 6.45) is 6.76. The average Bonchev–Trinajstić information content (AvgIpc) is 2.92. The molecular formula is C16H12. The molecular weight excluding hydrogens is 192 g/mol. The third-order valence-electron chi connectivity index (χ3n) is 3.76. The van der Waals surface area contributed by atoms with Crippen molar-refractivity contribution in [1.82, 2.24) is 0 Å². The summed E-state index contributed by atoms with van der Waals surface area (Å²) in [7, 11) is 0. The quantitative estimate of drug-likeness (QED) is 0.522. The molecule has 0 radical (unpaired) electrons. The van der Waals surface area contributed by atoms with E-state index in [1.807, 2.05) is 0 Å². The highest BCUT2D eigenvalue weighted by atomic mass is 14.3. The van der Waals surface area contributed by atoms with Crippen LogP contribution in [0.3, 0.4) is 0 Å². The molecule has 16 heavy (non-hydrogen) atoms. The van der Waals surface area contributed by atoms with E-state index >= 15 is 0 Å². The van der Waals surface area contributed by atoms with E-state index in [1.165, 1.54) is 22.3 Å². The van der Waals surface area contributed by atoms with Crippen LogP contribution in [0.1, 0.15) is 22.3 Å². The first-order chi connectivity index (χ1) is 7.93. The van der Waals surface area contributed by atoms with Gasteiger partial charge in [0.05, 0.1) is 0 Å². The van der Waals surface area contributed by atoms with Crippen molar-refractivity contribution in [1.29, 1.82) is 0 Å². The van der Waals surface area contributed by atoms with Crippen LogP contribution in [0.4, 0.5) is 0 Å². The molecule has 0 spiro atoms. The fourth-order valence-electron chi connectivity index (χ4n) is 2.99. The van der Waals surface area contributed by atoms with E-state index in [9.17, 15) is 0 Å². The highest BCUT2D eigenvalue weighted by molar-refractivity contribution is 5.81. The standard InChI is InChI=1S/C16H12/c1-2-6-14-12(4-1)10-16-13-7-3-5-11(13)8-9-15(14)16/h1-6,8-9H,7,10H2. The summed E-state index contributed by atoms with van der Waals surface area (Å²) in [5.74, 6) is 0. The van der Waals surface area contributed by atoms with Gasteiger partial charge in [0.2, 0.25) is 0 Å². The Bertz CT molecular complexity index is 618. The van der Waals surface area contributed by atoms with E-state index in [0.717, 1.165) is 12.8 Å². The number of benzene rings is 2. The Morgan fingerprint density at radius 3 is 2.75 bits per heavy atom. The summed E-state index contributed by atoms with van der Waals surface area (Å²) >= 11 is 0. The van der Waals surface area contributed by atoms with Crippen LogP contribution in [0.25, 0.3) is 17.2 Å². The lowest BCUT2D eigenvalue weighted by Gasteiger charge is -2.06. The maximum absolute atomic E-state index is 2.29. The number of rotatable bonds is 0. The molecule has 0 aliphatic heterocycles. The van der Waals surface area contributed by atoms with Crippen LogP contribution in [0, 0.1) is 0 Å². The minimum absolute atomic E-state index is 1.12. The normalized spacial score (nSPS) is 14.8. The summed E-state index contributed by atoms with van der Waals surface area (Å²) in [6, 6.07) is 13.3. The SMILES string of the molecule is C1=Cc2ccc3c(c2C1)Cc1ccccc1-3. The Hall–Kier alpha value is -1.82. The van der Waals surface area contributed by atoms with Crippen LogP contribution in [0.2, 0.25) is 0 Å². The van der Waals surface area contributed by atoms with E-state index in [0.29, 0.717) is 0 Å². The Morgan fingerprint density at radius 1 is 0.812 bits per heavy atom. The molecule has 2 aliphatic rings. The molecule has 2 aromatic carbocycles. The van der Waals surface area contributed by atoms with Crippen molar-refractivity contribution in [3.8, 4) is 11.1 Å². The first kappa shape index (κ1) is 8.35. The second-order valence-corrected chi connectivity index (χ2v) is 4.60. The molecule has 0 bridgehead atoms. The maximum atomic E-state index is 2.29. The van der Waals surface area contributed by atoms with Crippen molar-refractivity contribution in [2.75, 3.05) is 0 Å². The Balaban J connectivity index is 2.02. The van der Waals surface area contributed by atoms with Crippen LogP contribution in [-0.4, -0.2) is 0 Å². The summed E-state index contributed by atoms with van der Waals surface area (Å²) < 4.78 is 0. The molecule has 0 aromatic heterocycles. The van der Waals surface area contributed by atoms with E-state index in [2.05, 4.69) is 48.6 Å². The highest BCUT2D eigenvalue weighted by Crippen LogP contribution is 2.40. The molecule has 0 saturated heterocycles. The zero-order valence-corrected chi connectivity index (χ0v) is 9.03. The fourth-order valence-corrected chi connectivity index (χ4v) is 2.99. The molecule has 0 heteroatoms. The minimum atomic E-state index is 1.12. The van der Waals surface area contributed by atoms with Gasteiger partial charge in [-0.05, 0) is 46.2 Å². The van der Waals surface area contributed by atoms with Gasteiger partial charge in [-0.1, -0.05) is 48.6 Å². The first-order valence-electron chi connectivity index (χ1n) is 5.83. The predicted molar refractivity (Wildman–Crippen MR) is 67.4 cm³/mol. The van der Waals surface area contributed by atoms with Gasteiger partial charge in [0, 0.05) is 0 Å². The van der Waals surface area contributed by atoms with Crippen LogP contribution < -0.4 is 0 Å². The summed E-state index contributed by atoms with van der Waals surface area (Å²) in [6.45, 7) is 0. The summed E-state index contributed by atoms with van der Waals surface area (Å²) in [4.78, 5) is 0. The van der Waals surface area contributed by atoms with E-state index in [-0.39, 0.29) is 0 Å². The molecule has 0 amide bonds. The molecule has 0 nitrogen and oxygen atoms in total. The van der Waals surface area contributed by atoms with Gasteiger partial charge in [0.1, 0.15) is 0 Å². The largest absolute Gasteiger partial charge is 0.0795 e. The van der Waals surface area contributed by atoms with Crippen molar-refractivity contribution >= 4 is 6.08 Å². The second kappa shape index (κ2) is 2.85. The lowest BCUT2D eigenvalue weighted by atomic mass is 9.98. The third-order valence-corrected chi connectivity index (χ3v) is 3.76. The monoisotopic (exact) mass is 204 g/mol. The van der Waals surface area contributed by atoms with Crippen LogP contribution in [-0.2, 0) is 12.8 Å². The lowest BCUT2D eigenvalue weighted by Crippen LogP contribution is -1.91. The number of hydrogen-bond donors (Lipinski definition) is 0. The highest BCUT2D eigenvalue weighted by Gasteiger charge is 2.22. The van der Waals surface area contributed by atoms with Crippen LogP contribution in [0.15, 0.2) is 42.5 Å². The average molecular weight is 204 g/mol. The zero-order valence-electron chi connectivity index (χ0n) is 9.03. The van der Waals surface area contributed by atoms with Crippen molar-refractivity contribution in [2.24, 2.45) is 0 Å². The second-order valence-electron chi connectivity index (χ2n) is 4.60. The summed E-state index contributed by atoms with van der Waals surface area (Å²) in [5.41, 5.74) is 8.91. The minimum Gasteiger partial charge on any atom is -0.0795 e. The smallest absolute Gasteiger partial charge is 0.00104 e. The van der Waals surface area contributed by atoms with Crippen LogP contribution >= 0.6 is 0 Å². The van der Waals surface area contributed by atoms with Gasteiger partial charge < -0.3 is 0 Å². The fraction of sp³-hybridized carbons (Fsp3) is 0.125. The molecule has 0 saturated carbocycles. The van der Waals surface area contributed by atoms with Crippen LogP contribution in [0.5, 0.6) is 0 Å². The molecule has 0 unspecified atom stereocenters. The lowest BCUT2D eigenvalue weighted by molar-refractivity contribution is 1.17. The maximum Gasteiger partial charge on any atom is -0.00104 e. The zero-order chi connectivity index (χ0) is 10.5. The van der Waals surface area contributed by atoms with Crippen molar-refractivity contribution < 1.29 is 0 Å². The van der Waals surface area contributed by atoms with Gasteiger partial charge >= 0.3 is 0 Å². The van der Waals surface area contributed by atoms with E-state index in [4.69, 9.17) is 0 Å². The van der Waals surface area contributed by atoms with Crippen molar-refractivity contribution in [3.05, 3.63) is 64.7 Å². The molecule has 2 aromatic rings. The third kappa shape index (κ3) is 0.943. The number of fused-ring (bicyclic) bond motifs is 5. The van der Waals surface area contributed by atoms with Gasteiger partial charge in [-0.25, -0.2) is 0 Å². The number of hydrogen-bond acceptors (Lipinski definition) is 0. The molecule has 0 atom stereocenters. The van der Waals surface area contributed by atoms with Crippen molar-refractivity contribution in [2.45, 2.75) is 12.8 Å². The molecule has 2 aliphatic carbocycles. The number of allylic oxidation sites excluding steroid dienone is 1. The van der Waals surface area contributed by atoms with Crippen molar-refractivity contribution in [3.63, 3.8) is 0 Å². The van der Waals surface area contributed by atoms with E-state index in [1.54, 1.807) is 11.1 Å².